The van der Waals surface area contributed by atoms with Gasteiger partial charge < -0.3 is 9.84 Å². The summed E-state index contributed by atoms with van der Waals surface area (Å²) >= 11 is 0. The first kappa shape index (κ1) is 10.6. The second kappa shape index (κ2) is 3.93. The largest absolute Gasteiger partial charge is 0.480 e. The van der Waals surface area contributed by atoms with E-state index >= 15 is 0 Å². The Labute approximate surface area is 88.6 Å². The average Bonchev–Trinajstić information content (AvgIpc) is 2.71. The van der Waals surface area contributed by atoms with Crippen molar-refractivity contribution in [3.05, 3.63) is 0 Å². The molecule has 15 heavy (non-hydrogen) atoms. The van der Waals surface area contributed by atoms with Crippen LogP contribution in [0.4, 0.5) is 0 Å². The highest BCUT2D eigenvalue weighted by atomic mass is 16.5. The van der Waals surface area contributed by atoms with Crippen LogP contribution in [0.1, 0.15) is 32.1 Å². The van der Waals surface area contributed by atoms with E-state index in [1.165, 1.54) is 0 Å². The Balaban J connectivity index is 2.29. The lowest BCUT2D eigenvalue weighted by molar-refractivity contribution is -0.161. The Morgan fingerprint density at radius 2 is 2.27 bits per heavy atom. The van der Waals surface area contributed by atoms with Gasteiger partial charge in [-0.3, -0.25) is 9.59 Å². The monoisotopic (exact) mass is 212 g/mol. The molecule has 4 heteroatoms. The van der Waals surface area contributed by atoms with Crippen molar-refractivity contribution in [2.75, 3.05) is 13.2 Å². The number of carboxylic acids is 1. The second-order valence-corrected chi connectivity index (χ2v) is 4.47. The molecule has 1 aliphatic carbocycles. The van der Waals surface area contributed by atoms with E-state index in [2.05, 4.69) is 0 Å². The van der Waals surface area contributed by atoms with Crippen LogP contribution in [0.3, 0.4) is 0 Å². The summed E-state index contributed by atoms with van der Waals surface area (Å²) in [5.41, 5.74) is -1.13. The van der Waals surface area contributed by atoms with Crippen molar-refractivity contribution in [3.63, 3.8) is 0 Å². The molecule has 0 bridgehead atoms. The predicted molar refractivity (Wildman–Crippen MR) is 52.5 cm³/mol. The van der Waals surface area contributed by atoms with E-state index in [1.807, 2.05) is 0 Å². The Hall–Kier alpha value is -0.900. The van der Waals surface area contributed by atoms with Crippen LogP contribution in [0.15, 0.2) is 0 Å². The molecule has 1 heterocycles. The van der Waals surface area contributed by atoms with Crippen LogP contribution in [-0.2, 0) is 14.3 Å². The first-order chi connectivity index (χ1) is 7.18. The predicted octanol–water partition coefficient (Wildman–Crippen LogP) is 1.24. The zero-order chi connectivity index (χ0) is 10.9. The third-order valence-corrected chi connectivity index (χ3v) is 3.73. The van der Waals surface area contributed by atoms with E-state index in [-0.39, 0.29) is 11.7 Å². The fraction of sp³-hybridized carbons (Fsp3) is 0.818. The van der Waals surface area contributed by atoms with E-state index in [0.29, 0.717) is 32.5 Å². The molecule has 1 aliphatic heterocycles. The molecule has 0 radical (unpaired) electrons. The standard InChI is InChI=1S/C11H16O4/c12-9-3-1-2-5-11(9,10(13)14)8-4-6-15-7-8/h8H,1-7H2,(H,13,14). The lowest BCUT2D eigenvalue weighted by atomic mass is 9.64. The number of ether oxygens (including phenoxy) is 1. The summed E-state index contributed by atoms with van der Waals surface area (Å²) in [6.45, 7) is 1.02. The summed E-state index contributed by atoms with van der Waals surface area (Å²) in [6, 6.07) is 0. The third kappa shape index (κ3) is 1.57. The van der Waals surface area contributed by atoms with Crippen LogP contribution < -0.4 is 0 Å². The van der Waals surface area contributed by atoms with E-state index < -0.39 is 11.4 Å². The number of rotatable bonds is 2. The third-order valence-electron chi connectivity index (χ3n) is 3.73. The fourth-order valence-corrected chi connectivity index (χ4v) is 2.81. The molecule has 2 aliphatic rings. The van der Waals surface area contributed by atoms with Gasteiger partial charge in [0.25, 0.3) is 0 Å². The number of aliphatic carboxylic acids is 1. The molecule has 2 fully saturated rings. The molecule has 1 saturated heterocycles. The number of ketones is 1. The summed E-state index contributed by atoms with van der Waals surface area (Å²) in [4.78, 5) is 23.3. The summed E-state index contributed by atoms with van der Waals surface area (Å²) in [7, 11) is 0. The Bertz CT molecular complexity index is 280. The number of carboxylic acid groups (broad SMARTS) is 1. The first-order valence-corrected chi connectivity index (χ1v) is 5.52. The average molecular weight is 212 g/mol. The lowest BCUT2D eigenvalue weighted by Crippen LogP contribution is -2.47. The molecule has 1 saturated carbocycles. The molecule has 2 unspecified atom stereocenters. The van der Waals surface area contributed by atoms with Crippen LogP contribution in [-0.4, -0.2) is 30.1 Å². The van der Waals surface area contributed by atoms with Gasteiger partial charge in [-0.2, -0.15) is 0 Å². The molecule has 0 aromatic rings. The molecule has 84 valence electrons. The minimum Gasteiger partial charge on any atom is -0.480 e. The molecular formula is C11H16O4. The van der Waals surface area contributed by atoms with Crippen LogP contribution in [0.5, 0.6) is 0 Å². The van der Waals surface area contributed by atoms with Gasteiger partial charge >= 0.3 is 5.97 Å². The minimum absolute atomic E-state index is 0.0863. The molecule has 4 nitrogen and oxygen atoms in total. The van der Waals surface area contributed by atoms with Crippen LogP contribution >= 0.6 is 0 Å². The molecule has 0 aromatic carbocycles. The van der Waals surface area contributed by atoms with Crippen molar-refractivity contribution in [1.82, 2.24) is 0 Å². The van der Waals surface area contributed by atoms with Gasteiger partial charge in [0.1, 0.15) is 5.41 Å². The van der Waals surface area contributed by atoms with E-state index in [1.54, 1.807) is 0 Å². The summed E-state index contributed by atoms with van der Waals surface area (Å²) in [5.74, 6) is -1.14. The van der Waals surface area contributed by atoms with Crippen LogP contribution in [0.25, 0.3) is 0 Å². The van der Waals surface area contributed by atoms with E-state index in [9.17, 15) is 14.7 Å². The zero-order valence-corrected chi connectivity index (χ0v) is 8.70. The highest BCUT2D eigenvalue weighted by Crippen LogP contribution is 2.43. The Morgan fingerprint density at radius 3 is 2.80 bits per heavy atom. The highest BCUT2D eigenvalue weighted by molar-refractivity contribution is 6.03. The van der Waals surface area contributed by atoms with Crippen molar-refractivity contribution in [2.45, 2.75) is 32.1 Å². The highest BCUT2D eigenvalue weighted by Gasteiger charge is 2.53. The quantitative estimate of drug-likeness (QED) is 0.699. The van der Waals surface area contributed by atoms with Gasteiger partial charge in [0, 0.05) is 18.9 Å². The Kier molecular flexibility index (Phi) is 2.78. The van der Waals surface area contributed by atoms with Gasteiger partial charge in [-0.1, -0.05) is 6.42 Å². The van der Waals surface area contributed by atoms with Gasteiger partial charge in [0.15, 0.2) is 5.78 Å². The van der Waals surface area contributed by atoms with Crippen molar-refractivity contribution in [1.29, 1.82) is 0 Å². The molecular weight excluding hydrogens is 196 g/mol. The molecule has 0 aromatic heterocycles. The molecule has 0 amide bonds. The zero-order valence-electron chi connectivity index (χ0n) is 8.70. The normalized spacial score (nSPS) is 36.8. The summed E-state index contributed by atoms with van der Waals surface area (Å²) < 4.78 is 5.22. The van der Waals surface area contributed by atoms with Crippen molar-refractivity contribution in [3.8, 4) is 0 Å². The van der Waals surface area contributed by atoms with Gasteiger partial charge in [-0.25, -0.2) is 0 Å². The number of hydrogen-bond donors (Lipinski definition) is 1. The van der Waals surface area contributed by atoms with E-state index in [4.69, 9.17) is 4.74 Å². The van der Waals surface area contributed by atoms with Gasteiger partial charge in [-0.15, -0.1) is 0 Å². The molecule has 0 spiro atoms. The maximum atomic E-state index is 11.9. The second-order valence-electron chi connectivity index (χ2n) is 4.47. The van der Waals surface area contributed by atoms with Gasteiger partial charge in [0.2, 0.25) is 0 Å². The smallest absolute Gasteiger partial charge is 0.317 e. The van der Waals surface area contributed by atoms with Crippen LogP contribution in [0, 0.1) is 11.3 Å². The number of hydrogen-bond acceptors (Lipinski definition) is 3. The summed E-state index contributed by atoms with van der Waals surface area (Å²) in [5, 5.41) is 9.34. The number of Topliss-reactive ketones (excluding diaryl/α,β-unsaturated/α-hetero) is 1. The summed E-state index contributed by atoms with van der Waals surface area (Å²) in [6.07, 6.45) is 3.30. The topological polar surface area (TPSA) is 63.6 Å². The minimum atomic E-state index is -1.13. The molecule has 2 rings (SSSR count). The van der Waals surface area contributed by atoms with Crippen molar-refractivity contribution < 1.29 is 19.4 Å². The molecule has 1 N–H and O–H groups in total. The van der Waals surface area contributed by atoms with Crippen LogP contribution in [0.2, 0.25) is 0 Å². The van der Waals surface area contributed by atoms with E-state index in [0.717, 1.165) is 12.8 Å². The van der Waals surface area contributed by atoms with Gasteiger partial charge in [0.05, 0.1) is 6.61 Å². The first-order valence-electron chi connectivity index (χ1n) is 5.52. The van der Waals surface area contributed by atoms with Crippen molar-refractivity contribution >= 4 is 11.8 Å². The van der Waals surface area contributed by atoms with Gasteiger partial charge in [-0.05, 0) is 19.3 Å². The number of carbonyl (C=O) groups is 2. The maximum Gasteiger partial charge on any atom is 0.317 e. The number of carbonyl (C=O) groups excluding carboxylic acids is 1. The maximum absolute atomic E-state index is 11.9. The lowest BCUT2D eigenvalue weighted by Gasteiger charge is -2.35. The Morgan fingerprint density at radius 1 is 1.47 bits per heavy atom. The van der Waals surface area contributed by atoms with Crippen molar-refractivity contribution in [2.24, 2.45) is 11.3 Å². The molecule has 2 atom stereocenters. The fourth-order valence-electron chi connectivity index (χ4n) is 2.81. The SMILES string of the molecule is O=C(O)C1(C2CCOC2)CCCCC1=O.